The van der Waals surface area contributed by atoms with E-state index < -0.39 is 0 Å². The molecule has 0 aliphatic rings. The van der Waals surface area contributed by atoms with Gasteiger partial charge in [-0.1, -0.05) is 31.5 Å². The highest BCUT2D eigenvalue weighted by atomic mass is 35.5. The van der Waals surface area contributed by atoms with Gasteiger partial charge in [0.2, 0.25) is 0 Å². The van der Waals surface area contributed by atoms with E-state index in [0.29, 0.717) is 16.6 Å². The summed E-state index contributed by atoms with van der Waals surface area (Å²) in [7, 11) is 0. The van der Waals surface area contributed by atoms with Gasteiger partial charge >= 0.3 is 0 Å². The third-order valence-corrected chi connectivity index (χ3v) is 2.79. The number of nitrogens with one attached hydrogen (secondary N) is 1. The Kier molecular flexibility index (Phi) is 4.45. The predicted molar refractivity (Wildman–Crippen MR) is 64.2 cm³/mol. The summed E-state index contributed by atoms with van der Waals surface area (Å²) in [4.78, 5) is 0. The van der Waals surface area contributed by atoms with Crippen molar-refractivity contribution in [1.29, 1.82) is 5.26 Å². The molecule has 0 aliphatic heterocycles. The molecule has 80 valence electrons. The Morgan fingerprint density at radius 1 is 1.40 bits per heavy atom. The van der Waals surface area contributed by atoms with Crippen LogP contribution in [0.25, 0.3) is 0 Å². The van der Waals surface area contributed by atoms with Gasteiger partial charge in [0, 0.05) is 6.04 Å². The van der Waals surface area contributed by atoms with Crippen molar-refractivity contribution in [3.63, 3.8) is 0 Å². The van der Waals surface area contributed by atoms with E-state index in [2.05, 4.69) is 25.2 Å². The normalized spacial score (nSPS) is 10.1. The van der Waals surface area contributed by atoms with Gasteiger partial charge in [-0.2, -0.15) is 5.26 Å². The summed E-state index contributed by atoms with van der Waals surface area (Å²) in [6.07, 6.45) is 2.07. The smallest absolute Gasteiger partial charge is 0.103 e. The molecule has 1 rings (SSSR count). The maximum atomic E-state index is 8.98. The van der Waals surface area contributed by atoms with Crippen LogP contribution in [-0.4, -0.2) is 6.04 Å². The van der Waals surface area contributed by atoms with Gasteiger partial charge in [0.05, 0.1) is 16.3 Å². The van der Waals surface area contributed by atoms with Crippen LogP contribution < -0.4 is 5.32 Å². The number of rotatable bonds is 4. The average Bonchev–Trinajstić information content (AvgIpc) is 2.26. The zero-order chi connectivity index (χ0) is 11.3. The highest BCUT2D eigenvalue weighted by Gasteiger charge is 2.09. The van der Waals surface area contributed by atoms with Crippen LogP contribution in [-0.2, 0) is 0 Å². The molecule has 0 aromatic heterocycles. The van der Waals surface area contributed by atoms with Gasteiger partial charge in [0.15, 0.2) is 0 Å². The van der Waals surface area contributed by atoms with Crippen molar-refractivity contribution >= 4 is 17.3 Å². The summed E-state index contributed by atoms with van der Waals surface area (Å²) in [5.74, 6) is 0. The van der Waals surface area contributed by atoms with Crippen LogP contribution in [0.1, 0.15) is 32.3 Å². The Labute approximate surface area is 95.9 Å². The standard InChI is InChI=1S/C12H15ClN2/c1-3-9(4-2)15-12-7-5-6-11(13)10(12)8-14/h5-7,9,15H,3-4H2,1-2H3. The molecule has 0 bridgehead atoms. The lowest BCUT2D eigenvalue weighted by Crippen LogP contribution is -2.17. The lowest BCUT2D eigenvalue weighted by molar-refractivity contribution is 0.671. The number of nitrogens with zero attached hydrogens (tertiary/aromatic N) is 1. The summed E-state index contributed by atoms with van der Waals surface area (Å²) in [6.45, 7) is 4.25. The minimum Gasteiger partial charge on any atom is -0.381 e. The summed E-state index contributed by atoms with van der Waals surface area (Å²) in [5, 5.41) is 12.8. The fourth-order valence-electron chi connectivity index (χ4n) is 1.47. The van der Waals surface area contributed by atoms with Gasteiger partial charge in [-0.25, -0.2) is 0 Å². The second kappa shape index (κ2) is 5.63. The minimum absolute atomic E-state index is 0.399. The van der Waals surface area contributed by atoms with Crippen molar-refractivity contribution < 1.29 is 0 Å². The topological polar surface area (TPSA) is 35.8 Å². The van der Waals surface area contributed by atoms with E-state index >= 15 is 0 Å². The molecule has 15 heavy (non-hydrogen) atoms. The van der Waals surface area contributed by atoms with Gasteiger partial charge in [-0.15, -0.1) is 0 Å². The van der Waals surface area contributed by atoms with Crippen molar-refractivity contribution in [2.24, 2.45) is 0 Å². The van der Waals surface area contributed by atoms with E-state index in [9.17, 15) is 0 Å². The number of benzene rings is 1. The van der Waals surface area contributed by atoms with Crippen molar-refractivity contribution in [1.82, 2.24) is 0 Å². The molecule has 0 unspecified atom stereocenters. The number of halogens is 1. The van der Waals surface area contributed by atoms with Crippen LogP contribution in [0.15, 0.2) is 18.2 Å². The molecule has 1 N–H and O–H groups in total. The molecule has 0 amide bonds. The summed E-state index contributed by atoms with van der Waals surface area (Å²) in [6, 6.07) is 8.00. The fourth-order valence-corrected chi connectivity index (χ4v) is 1.69. The Bertz CT molecular complexity index is 364. The van der Waals surface area contributed by atoms with Gasteiger partial charge in [-0.3, -0.25) is 0 Å². The van der Waals surface area contributed by atoms with Gasteiger partial charge in [0.1, 0.15) is 6.07 Å². The molecule has 0 radical (unpaired) electrons. The maximum absolute atomic E-state index is 8.98. The van der Waals surface area contributed by atoms with E-state index in [1.54, 1.807) is 6.07 Å². The Hall–Kier alpha value is -1.20. The Morgan fingerprint density at radius 3 is 2.60 bits per heavy atom. The third-order valence-electron chi connectivity index (χ3n) is 2.47. The molecular weight excluding hydrogens is 208 g/mol. The zero-order valence-electron chi connectivity index (χ0n) is 9.05. The first-order valence-corrected chi connectivity index (χ1v) is 5.55. The van der Waals surface area contributed by atoms with E-state index in [0.717, 1.165) is 18.5 Å². The van der Waals surface area contributed by atoms with Gasteiger partial charge < -0.3 is 5.32 Å². The first-order chi connectivity index (χ1) is 7.22. The number of nitriles is 1. The number of hydrogen-bond donors (Lipinski definition) is 1. The van der Waals surface area contributed by atoms with Crippen LogP contribution in [0, 0.1) is 11.3 Å². The van der Waals surface area contributed by atoms with Crippen LogP contribution in [0.5, 0.6) is 0 Å². The monoisotopic (exact) mass is 222 g/mol. The SMILES string of the molecule is CCC(CC)Nc1cccc(Cl)c1C#N. The maximum Gasteiger partial charge on any atom is 0.103 e. The first-order valence-electron chi connectivity index (χ1n) is 5.18. The molecule has 1 aromatic rings. The summed E-state index contributed by atoms with van der Waals surface area (Å²) in [5.41, 5.74) is 1.37. The zero-order valence-corrected chi connectivity index (χ0v) is 9.80. The molecule has 0 heterocycles. The van der Waals surface area contributed by atoms with Gasteiger partial charge in [-0.05, 0) is 25.0 Å². The predicted octanol–water partition coefficient (Wildman–Crippen LogP) is 3.81. The molecular formula is C12H15ClN2. The Balaban J connectivity index is 2.95. The number of anilines is 1. The lowest BCUT2D eigenvalue weighted by atomic mass is 10.1. The van der Waals surface area contributed by atoms with Crippen LogP contribution in [0.2, 0.25) is 5.02 Å². The van der Waals surface area contributed by atoms with Crippen molar-refractivity contribution in [2.45, 2.75) is 32.7 Å². The average molecular weight is 223 g/mol. The number of hydrogen-bond acceptors (Lipinski definition) is 2. The van der Waals surface area contributed by atoms with E-state index in [1.165, 1.54) is 0 Å². The molecule has 0 atom stereocenters. The molecule has 0 aliphatic carbocycles. The molecule has 1 aromatic carbocycles. The van der Waals surface area contributed by atoms with E-state index in [4.69, 9.17) is 16.9 Å². The first kappa shape index (κ1) is 11.9. The van der Waals surface area contributed by atoms with Crippen molar-refractivity contribution in [3.05, 3.63) is 28.8 Å². The lowest BCUT2D eigenvalue weighted by Gasteiger charge is -2.17. The molecule has 0 saturated carbocycles. The summed E-state index contributed by atoms with van der Waals surface area (Å²) >= 11 is 5.94. The third kappa shape index (κ3) is 2.87. The van der Waals surface area contributed by atoms with E-state index in [1.807, 2.05) is 12.1 Å². The highest BCUT2D eigenvalue weighted by Crippen LogP contribution is 2.24. The molecule has 3 heteroatoms. The van der Waals surface area contributed by atoms with Crippen molar-refractivity contribution in [2.75, 3.05) is 5.32 Å². The van der Waals surface area contributed by atoms with Crippen LogP contribution in [0.4, 0.5) is 5.69 Å². The summed E-state index contributed by atoms with van der Waals surface area (Å²) < 4.78 is 0. The molecule has 2 nitrogen and oxygen atoms in total. The second-order valence-electron chi connectivity index (χ2n) is 3.43. The van der Waals surface area contributed by atoms with E-state index in [-0.39, 0.29) is 0 Å². The van der Waals surface area contributed by atoms with Crippen LogP contribution >= 0.6 is 11.6 Å². The van der Waals surface area contributed by atoms with Crippen molar-refractivity contribution in [3.8, 4) is 6.07 Å². The van der Waals surface area contributed by atoms with Crippen LogP contribution in [0.3, 0.4) is 0 Å². The molecule has 0 saturated heterocycles. The quantitative estimate of drug-likeness (QED) is 0.841. The highest BCUT2D eigenvalue weighted by molar-refractivity contribution is 6.32. The Morgan fingerprint density at radius 2 is 2.07 bits per heavy atom. The minimum atomic E-state index is 0.399. The molecule has 0 spiro atoms. The fraction of sp³-hybridized carbons (Fsp3) is 0.417. The largest absolute Gasteiger partial charge is 0.381 e. The molecule has 0 fully saturated rings. The second-order valence-corrected chi connectivity index (χ2v) is 3.84. The van der Waals surface area contributed by atoms with Gasteiger partial charge in [0.25, 0.3) is 0 Å².